The van der Waals surface area contributed by atoms with Crippen LogP contribution in [0.4, 0.5) is 5.69 Å². The van der Waals surface area contributed by atoms with Crippen LogP contribution in [0.2, 0.25) is 0 Å². The first-order chi connectivity index (χ1) is 9.95. The van der Waals surface area contributed by atoms with Crippen molar-refractivity contribution in [3.8, 4) is 0 Å². The van der Waals surface area contributed by atoms with Crippen LogP contribution in [0.5, 0.6) is 0 Å². The summed E-state index contributed by atoms with van der Waals surface area (Å²) >= 11 is 0. The van der Waals surface area contributed by atoms with Crippen molar-refractivity contribution in [1.29, 1.82) is 0 Å². The Balaban J connectivity index is 2.09. The molecule has 114 valence electrons. The summed E-state index contributed by atoms with van der Waals surface area (Å²) in [5, 5.41) is 3.67. The van der Waals surface area contributed by atoms with Crippen LogP contribution in [0.25, 0.3) is 0 Å². The molecule has 1 heterocycles. The van der Waals surface area contributed by atoms with E-state index in [9.17, 15) is 4.79 Å². The Labute approximate surface area is 127 Å². The summed E-state index contributed by atoms with van der Waals surface area (Å²) in [6, 6.07) is 6.45. The van der Waals surface area contributed by atoms with Gasteiger partial charge in [0.15, 0.2) is 0 Å². The van der Waals surface area contributed by atoms with Gasteiger partial charge in [-0.25, -0.2) is 4.79 Å². The van der Waals surface area contributed by atoms with Crippen LogP contribution in [0.1, 0.15) is 56.0 Å². The lowest BCUT2D eigenvalue weighted by atomic mass is 9.61. The second-order valence-electron chi connectivity index (χ2n) is 7.22. The molecule has 1 saturated carbocycles. The molecular formula is C18H25NO2. The molecule has 0 spiro atoms. The lowest BCUT2D eigenvalue weighted by Gasteiger charge is -2.50. The van der Waals surface area contributed by atoms with Crippen LogP contribution in [-0.4, -0.2) is 19.1 Å². The third-order valence-corrected chi connectivity index (χ3v) is 5.53. The monoisotopic (exact) mass is 287 g/mol. The highest BCUT2D eigenvalue weighted by Gasteiger charge is 2.45. The van der Waals surface area contributed by atoms with Gasteiger partial charge in [-0.2, -0.15) is 0 Å². The molecule has 0 aromatic heterocycles. The molecule has 3 atom stereocenters. The molecule has 0 saturated heterocycles. The third kappa shape index (κ3) is 2.23. The minimum Gasteiger partial charge on any atom is -0.465 e. The van der Waals surface area contributed by atoms with E-state index in [2.05, 4.69) is 32.2 Å². The molecule has 1 aromatic rings. The van der Waals surface area contributed by atoms with Gasteiger partial charge in [-0.1, -0.05) is 39.3 Å². The maximum Gasteiger partial charge on any atom is 0.339 e. The van der Waals surface area contributed by atoms with Crippen molar-refractivity contribution in [3.05, 3.63) is 29.3 Å². The van der Waals surface area contributed by atoms with Gasteiger partial charge in [0.1, 0.15) is 0 Å². The number of hydrogen-bond acceptors (Lipinski definition) is 3. The van der Waals surface area contributed by atoms with E-state index in [1.165, 1.54) is 31.9 Å². The Bertz CT molecular complexity index is 564. The van der Waals surface area contributed by atoms with E-state index in [1.54, 1.807) is 0 Å². The maximum atomic E-state index is 12.1. The standard InChI is InChI=1S/C18H25NO2/c1-11-8-9-13-15(10-11)19-16-12(17(20)21-4)6-5-7-14(16)18(13,2)3/h5-7,11,13,15,19H,8-10H2,1-4H3/t11-,13?,15?/m0/s1. The Kier molecular flexibility index (Phi) is 3.46. The average Bonchev–Trinajstić information content (AvgIpc) is 2.45. The van der Waals surface area contributed by atoms with Gasteiger partial charge in [-0.05, 0) is 41.7 Å². The Hall–Kier alpha value is -1.51. The van der Waals surface area contributed by atoms with Crippen molar-refractivity contribution >= 4 is 11.7 Å². The minimum atomic E-state index is -0.252. The van der Waals surface area contributed by atoms with Gasteiger partial charge < -0.3 is 10.1 Å². The summed E-state index contributed by atoms with van der Waals surface area (Å²) < 4.78 is 4.95. The zero-order valence-electron chi connectivity index (χ0n) is 13.4. The van der Waals surface area contributed by atoms with Crippen molar-refractivity contribution in [2.45, 2.75) is 51.5 Å². The molecule has 0 bridgehead atoms. The molecule has 1 fully saturated rings. The number of ether oxygens (including phenoxy) is 1. The van der Waals surface area contributed by atoms with Gasteiger partial charge in [-0.15, -0.1) is 0 Å². The van der Waals surface area contributed by atoms with Crippen molar-refractivity contribution in [2.24, 2.45) is 11.8 Å². The first-order valence-electron chi connectivity index (χ1n) is 7.93. The number of carbonyl (C=O) groups excluding carboxylic acids is 1. The van der Waals surface area contributed by atoms with E-state index >= 15 is 0 Å². The second-order valence-corrected chi connectivity index (χ2v) is 7.22. The number of para-hydroxylation sites is 1. The third-order valence-electron chi connectivity index (χ3n) is 5.53. The lowest BCUT2D eigenvalue weighted by Crippen LogP contribution is -2.49. The van der Waals surface area contributed by atoms with Crippen molar-refractivity contribution in [2.75, 3.05) is 12.4 Å². The summed E-state index contributed by atoms with van der Waals surface area (Å²) in [7, 11) is 1.45. The van der Waals surface area contributed by atoms with Crippen LogP contribution in [0.3, 0.4) is 0 Å². The first kappa shape index (κ1) is 14.4. The quantitative estimate of drug-likeness (QED) is 0.794. The predicted molar refractivity (Wildman–Crippen MR) is 84.7 cm³/mol. The zero-order valence-corrected chi connectivity index (χ0v) is 13.4. The van der Waals surface area contributed by atoms with Crippen LogP contribution in [-0.2, 0) is 10.2 Å². The van der Waals surface area contributed by atoms with Crippen molar-refractivity contribution in [3.63, 3.8) is 0 Å². The molecule has 1 aromatic carbocycles. The SMILES string of the molecule is COC(=O)c1cccc2c1NC1C[C@@H](C)CCC1C2(C)C. The Morgan fingerprint density at radius 3 is 2.81 bits per heavy atom. The van der Waals surface area contributed by atoms with Crippen LogP contribution >= 0.6 is 0 Å². The zero-order chi connectivity index (χ0) is 15.2. The normalized spacial score (nSPS) is 29.8. The summed E-state index contributed by atoms with van der Waals surface area (Å²) in [5.74, 6) is 1.13. The molecule has 2 unspecified atom stereocenters. The molecule has 1 aliphatic carbocycles. The molecule has 21 heavy (non-hydrogen) atoms. The molecule has 0 amide bonds. The summed E-state index contributed by atoms with van der Waals surface area (Å²) in [4.78, 5) is 12.1. The number of carbonyl (C=O) groups is 1. The van der Waals surface area contributed by atoms with E-state index in [-0.39, 0.29) is 11.4 Å². The van der Waals surface area contributed by atoms with E-state index in [0.717, 1.165) is 11.6 Å². The molecular weight excluding hydrogens is 262 g/mol. The molecule has 3 heteroatoms. The summed E-state index contributed by atoms with van der Waals surface area (Å²) in [6.07, 6.45) is 3.75. The number of hydrogen-bond donors (Lipinski definition) is 1. The summed E-state index contributed by atoms with van der Waals surface area (Å²) in [6.45, 7) is 6.97. The molecule has 1 N–H and O–H groups in total. The maximum absolute atomic E-state index is 12.1. The van der Waals surface area contributed by atoms with Crippen molar-refractivity contribution < 1.29 is 9.53 Å². The van der Waals surface area contributed by atoms with Crippen LogP contribution in [0, 0.1) is 11.8 Å². The fraction of sp³-hybridized carbons (Fsp3) is 0.611. The molecule has 3 rings (SSSR count). The first-order valence-corrected chi connectivity index (χ1v) is 7.93. The Morgan fingerprint density at radius 1 is 1.33 bits per heavy atom. The molecule has 3 nitrogen and oxygen atoms in total. The van der Waals surface area contributed by atoms with Gasteiger partial charge in [-0.3, -0.25) is 0 Å². The number of fused-ring (bicyclic) bond motifs is 2. The number of benzene rings is 1. The van der Waals surface area contributed by atoms with Gasteiger partial charge in [0.25, 0.3) is 0 Å². The van der Waals surface area contributed by atoms with E-state index in [1.807, 2.05) is 12.1 Å². The fourth-order valence-corrected chi connectivity index (χ4v) is 4.31. The highest BCUT2D eigenvalue weighted by molar-refractivity contribution is 5.97. The molecule has 2 aliphatic rings. The highest BCUT2D eigenvalue weighted by Crippen LogP contribution is 2.49. The predicted octanol–water partition coefficient (Wildman–Crippen LogP) is 3.98. The van der Waals surface area contributed by atoms with Crippen LogP contribution in [0.15, 0.2) is 18.2 Å². The topological polar surface area (TPSA) is 38.3 Å². The number of nitrogens with one attached hydrogen (secondary N) is 1. The van der Waals surface area contributed by atoms with E-state index < -0.39 is 0 Å². The van der Waals surface area contributed by atoms with Gasteiger partial charge in [0.05, 0.1) is 18.4 Å². The van der Waals surface area contributed by atoms with Gasteiger partial charge in [0, 0.05) is 6.04 Å². The van der Waals surface area contributed by atoms with Crippen LogP contribution < -0.4 is 5.32 Å². The average molecular weight is 287 g/mol. The van der Waals surface area contributed by atoms with E-state index in [0.29, 0.717) is 17.5 Å². The smallest absolute Gasteiger partial charge is 0.339 e. The number of methoxy groups -OCH3 is 1. The largest absolute Gasteiger partial charge is 0.465 e. The summed E-state index contributed by atoms with van der Waals surface area (Å²) in [5.41, 5.74) is 3.00. The number of anilines is 1. The molecule has 1 aliphatic heterocycles. The fourth-order valence-electron chi connectivity index (χ4n) is 4.31. The number of esters is 1. The minimum absolute atomic E-state index is 0.0927. The lowest BCUT2D eigenvalue weighted by molar-refractivity contribution is 0.0601. The van der Waals surface area contributed by atoms with Gasteiger partial charge >= 0.3 is 5.97 Å². The Morgan fingerprint density at radius 2 is 2.10 bits per heavy atom. The number of rotatable bonds is 1. The molecule has 0 radical (unpaired) electrons. The highest BCUT2D eigenvalue weighted by atomic mass is 16.5. The van der Waals surface area contributed by atoms with E-state index in [4.69, 9.17) is 4.74 Å². The second kappa shape index (κ2) is 5.04. The van der Waals surface area contributed by atoms with Crippen molar-refractivity contribution in [1.82, 2.24) is 0 Å². The van der Waals surface area contributed by atoms with Gasteiger partial charge in [0.2, 0.25) is 0 Å².